The standard InChI is InChI=1S/C16H24N2O3/c1-18(12-15-4-2-10-21-15)9-3-11-20-14-7-5-13(6-8-14)16(17)19/h5-8,15H,2-4,9-12H2,1H3,(H2,17,19). The lowest BCUT2D eigenvalue weighted by atomic mass is 10.2. The summed E-state index contributed by atoms with van der Waals surface area (Å²) in [4.78, 5) is 13.2. The van der Waals surface area contributed by atoms with Crippen LogP contribution in [0, 0.1) is 0 Å². The van der Waals surface area contributed by atoms with Crippen molar-refractivity contribution in [2.45, 2.75) is 25.4 Å². The quantitative estimate of drug-likeness (QED) is 0.740. The average molecular weight is 292 g/mol. The highest BCUT2D eigenvalue weighted by molar-refractivity contribution is 5.92. The highest BCUT2D eigenvalue weighted by Gasteiger charge is 2.16. The van der Waals surface area contributed by atoms with Gasteiger partial charge in [0, 0.05) is 25.3 Å². The lowest BCUT2D eigenvalue weighted by Crippen LogP contribution is -2.30. The number of nitrogens with two attached hydrogens (primary N) is 1. The second-order valence-corrected chi connectivity index (χ2v) is 5.49. The van der Waals surface area contributed by atoms with Gasteiger partial charge in [-0.2, -0.15) is 0 Å². The number of benzene rings is 1. The largest absolute Gasteiger partial charge is 0.494 e. The summed E-state index contributed by atoms with van der Waals surface area (Å²) in [5, 5.41) is 0. The molecule has 1 atom stereocenters. The molecule has 0 aromatic heterocycles. The number of primary amides is 1. The van der Waals surface area contributed by atoms with Gasteiger partial charge in [-0.3, -0.25) is 4.79 Å². The number of hydrogen-bond donors (Lipinski definition) is 1. The predicted octanol–water partition coefficient (Wildman–Crippen LogP) is 1.67. The van der Waals surface area contributed by atoms with Crippen molar-refractivity contribution in [3.05, 3.63) is 29.8 Å². The monoisotopic (exact) mass is 292 g/mol. The van der Waals surface area contributed by atoms with Crippen molar-refractivity contribution in [3.8, 4) is 5.75 Å². The van der Waals surface area contributed by atoms with Crippen LogP contribution < -0.4 is 10.5 Å². The number of carbonyl (C=O) groups excluding carboxylic acids is 1. The summed E-state index contributed by atoms with van der Waals surface area (Å²) in [5.41, 5.74) is 5.69. The smallest absolute Gasteiger partial charge is 0.248 e. The summed E-state index contributed by atoms with van der Waals surface area (Å²) in [6.45, 7) is 3.54. The fourth-order valence-corrected chi connectivity index (χ4v) is 2.47. The summed E-state index contributed by atoms with van der Waals surface area (Å²) in [6.07, 6.45) is 3.72. The molecular weight excluding hydrogens is 268 g/mol. The van der Waals surface area contributed by atoms with Gasteiger partial charge in [0.1, 0.15) is 5.75 Å². The molecule has 0 bridgehead atoms. The Morgan fingerprint density at radius 2 is 2.19 bits per heavy atom. The van der Waals surface area contributed by atoms with Crippen LogP contribution in [0.1, 0.15) is 29.6 Å². The Hall–Kier alpha value is -1.59. The average Bonchev–Trinajstić information content (AvgIpc) is 2.97. The van der Waals surface area contributed by atoms with Gasteiger partial charge in [-0.15, -0.1) is 0 Å². The van der Waals surface area contributed by atoms with Crippen molar-refractivity contribution in [1.29, 1.82) is 0 Å². The maximum atomic E-state index is 11.0. The van der Waals surface area contributed by atoms with Crippen molar-refractivity contribution < 1.29 is 14.3 Å². The molecule has 1 aliphatic rings. The minimum Gasteiger partial charge on any atom is -0.494 e. The van der Waals surface area contributed by atoms with E-state index in [2.05, 4.69) is 11.9 Å². The zero-order valence-corrected chi connectivity index (χ0v) is 12.6. The van der Waals surface area contributed by atoms with Crippen molar-refractivity contribution in [2.75, 3.05) is 33.4 Å². The van der Waals surface area contributed by atoms with Gasteiger partial charge in [0.05, 0.1) is 12.7 Å². The number of amides is 1. The lowest BCUT2D eigenvalue weighted by Gasteiger charge is -2.20. The van der Waals surface area contributed by atoms with Gasteiger partial charge >= 0.3 is 0 Å². The van der Waals surface area contributed by atoms with E-state index in [4.69, 9.17) is 15.2 Å². The van der Waals surface area contributed by atoms with Gasteiger partial charge in [0.2, 0.25) is 5.91 Å². The summed E-state index contributed by atoms with van der Waals surface area (Å²) >= 11 is 0. The first-order valence-electron chi connectivity index (χ1n) is 7.48. The predicted molar refractivity (Wildman–Crippen MR) is 81.5 cm³/mol. The second-order valence-electron chi connectivity index (χ2n) is 5.49. The molecule has 5 nitrogen and oxygen atoms in total. The summed E-state index contributed by atoms with van der Waals surface area (Å²) in [6, 6.07) is 6.91. The molecule has 2 rings (SSSR count). The minimum atomic E-state index is -0.419. The Balaban J connectivity index is 1.61. The number of hydrogen-bond acceptors (Lipinski definition) is 4. The van der Waals surface area contributed by atoms with Crippen molar-refractivity contribution >= 4 is 5.91 Å². The number of nitrogens with zero attached hydrogens (tertiary/aromatic N) is 1. The molecule has 2 N–H and O–H groups in total. The maximum absolute atomic E-state index is 11.0. The highest BCUT2D eigenvalue weighted by Crippen LogP contribution is 2.14. The van der Waals surface area contributed by atoms with E-state index >= 15 is 0 Å². The third kappa shape index (κ3) is 5.36. The first-order chi connectivity index (χ1) is 10.1. The second kappa shape index (κ2) is 8.00. The Morgan fingerprint density at radius 1 is 1.43 bits per heavy atom. The number of rotatable bonds is 8. The van der Waals surface area contributed by atoms with Crippen molar-refractivity contribution in [2.24, 2.45) is 5.73 Å². The van der Waals surface area contributed by atoms with Crippen LogP contribution in [0.3, 0.4) is 0 Å². The molecule has 0 spiro atoms. The summed E-state index contributed by atoms with van der Waals surface area (Å²) in [5.74, 6) is 0.346. The van der Waals surface area contributed by atoms with Crippen molar-refractivity contribution in [3.63, 3.8) is 0 Å². The molecule has 116 valence electrons. The zero-order valence-electron chi connectivity index (χ0n) is 12.6. The van der Waals surface area contributed by atoms with Crippen LogP contribution in [0.15, 0.2) is 24.3 Å². The molecule has 1 aromatic rings. The van der Waals surface area contributed by atoms with Crippen LogP contribution in [-0.4, -0.2) is 50.3 Å². The van der Waals surface area contributed by atoms with Crippen LogP contribution in [0.4, 0.5) is 0 Å². The molecule has 1 amide bonds. The Labute approximate surface area is 126 Å². The van der Waals surface area contributed by atoms with E-state index in [0.29, 0.717) is 18.3 Å². The molecular formula is C16H24N2O3. The molecule has 1 saturated heterocycles. The molecule has 21 heavy (non-hydrogen) atoms. The van der Waals surface area contributed by atoms with Crippen molar-refractivity contribution in [1.82, 2.24) is 4.90 Å². The SMILES string of the molecule is CN(CCCOc1ccc(C(N)=O)cc1)CC1CCCO1. The molecule has 1 aromatic carbocycles. The van der Waals surface area contributed by atoms with Crippen LogP contribution in [-0.2, 0) is 4.74 Å². The Kier molecular flexibility index (Phi) is 6.02. The summed E-state index contributed by atoms with van der Waals surface area (Å²) < 4.78 is 11.3. The Bertz CT molecular complexity index is 441. The molecule has 0 saturated carbocycles. The highest BCUT2D eigenvalue weighted by atomic mass is 16.5. The van der Waals surface area contributed by atoms with Gasteiger partial charge in [0.25, 0.3) is 0 Å². The van der Waals surface area contributed by atoms with E-state index in [9.17, 15) is 4.79 Å². The van der Waals surface area contributed by atoms with E-state index in [-0.39, 0.29) is 0 Å². The minimum absolute atomic E-state index is 0.400. The fourth-order valence-electron chi connectivity index (χ4n) is 2.47. The molecule has 5 heteroatoms. The third-order valence-electron chi connectivity index (χ3n) is 3.63. The molecule has 1 unspecified atom stereocenters. The van der Waals surface area contributed by atoms with E-state index in [1.165, 1.54) is 12.8 Å². The Morgan fingerprint density at radius 3 is 2.81 bits per heavy atom. The first kappa shape index (κ1) is 15.8. The maximum Gasteiger partial charge on any atom is 0.248 e. The fraction of sp³-hybridized carbons (Fsp3) is 0.562. The number of ether oxygens (including phenoxy) is 2. The molecule has 1 fully saturated rings. The van der Waals surface area contributed by atoms with Crippen LogP contribution in [0.5, 0.6) is 5.75 Å². The van der Waals surface area contributed by atoms with Gasteiger partial charge in [-0.1, -0.05) is 0 Å². The number of likely N-dealkylation sites (N-methyl/N-ethyl adjacent to an activating group) is 1. The van der Waals surface area contributed by atoms with Crippen LogP contribution >= 0.6 is 0 Å². The van der Waals surface area contributed by atoms with Gasteiger partial charge in [-0.05, 0) is 50.6 Å². The number of carbonyl (C=O) groups is 1. The van der Waals surface area contributed by atoms with Crippen LogP contribution in [0.2, 0.25) is 0 Å². The molecule has 1 aliphatic heterocycles. The van der Waals surface area contributed by atoms with Crippen LogP contribution in [0.25, 0.3) is 0 Å². The van der Waals surface area contributed by atoms with E-state index in [1.807, 2.05) is 0 Å². The van der Waals surface area contributed by atoms with E-state index in [0.717, 1.165) is 31.9 Å². The molecule has 0 radical (unpaired) electrons. The van der Waals surface area contributed by atoms with E-state index < -0.39 is 5.91 Å². The lowest BCUT2D eigenvalue weighted by molar-refractivity contribution is 0.0797. The first-order valence-corrected chi connectivity index (χ1v) is 7.48. The summed E-state index contributed by atoms with van der Waals surface area (Å²) in [7, 11) is 2.11. The van der Waals surface area contributed by atoms with E-state index in [1.54, 1.807) is 24.3 Å². The normalized spacial score (nSPS) is 18.1. The third-order valence-corrected chi connectivity index (χ3v) is 3.63. The molecule has 1 heterocycles. The van der Waals surface area contributed by atoms with Gasteiger partial charge in [0.15, 0.2) is 0 Å². The van der Waals surface area contributed by atoms with Gasteiger partial charge < -0.3 is 20.1 Å². The zero-order chi connectivity index (χ0) is 15.1. The molecule has 0 aliphatic carbocycles. The van der Waals surface area contributed by atoms with Gasteiger partial charge in [-0.25, -0.2) is 0 Å². The topological polar surface area (TPSA) is 64.8 Å².